The molecular formula is C7H11F2N. The molecule has 0 aromatic heterocycles. The first kappa shape index (κ1) is 9.04. The number of halogens is 2. The summed E-state index contributed by atoms with van der Waals surface area (Å²) in [5, 5.41) is 0. The summed E-state index contributed by atoms with van der Waals surface area (Å²) >= 11 is 0. The van der Waals surface area contributed by atoms with Gasteiger partial charge in [-0.25, -0.2) is 8.78 Å². The van der Waals surface area contributed by atoms with Crippen LogP contribution in [0.2, 0.25) is 0 Å². The zero-order valence-corrected chi connectivity index (χ0v) is 5.64. The highest BCUT2D eigenvalue weighted by Crippen LogP contribution is 1.99. The van der Waals surface area contributed by atoms with Crippen molar-refractivity contribution in [1.82, 2.24) is 0 Å². The van der Waals surface area contributed by atoms with Crippen LogP contribution in [0.25, 0.3) is 0 Å². The number of nitrogens with two attached hydrogens (primary N) is 1. The highest BCUT2D eigenvalue weighted by atomic mass is 19.1. The molecule has 0 aliphatic heterocycles. The van der Waals surface area contributed by atoms with E-state index in [1.165, 1.54) is 25.2 Å². The molecule has 0 heterocycles. The zero-order valence-electron chi connectivity index (χ0n) is 5.64. The first-order valence-corrected chi connectivity index (χ1v) is 2.78. The Hall–Kier alpha value is -0.960. The lowest BCUT2D eigenvalue weighted by Gasteiger charge is -1.84. The van der Waals surface area contributed by atoms with Crippen LogP contribution in [0.3, 0.4) is 0 Å². The van der Waals surface area contributed by atoms with E-state index in [1.54, 1.807) is 0 Å². The molecule has 0 saturated heterocycles. The summed E-state index contributed by atoms with van der Waals surface area (Å²) in [7, 11) is 1.50. The van der Waals surface area contributed by atoms with Crippen molar-refractivity contribution in [3.05, 3.63) is 35.9 Å². The number of hydrogen-bond donors (Lipinski definition) is 1. The molecule has 0 bridgehead atoms. The molecule has 0 amide bonds. The van der Waals surface area contributed by atoms with Crippen molar-refractivity contribution in [2.75, 3.05) is 7.05 Å². The van der Waals surface area contributed by atoms with Crippen molar-refractivity contribution in [3.8, 4) is 0 Å². The Labute approximate surface area is 60.0 Å². The lowest BCUT2D eigenvalue weighted by molar-refractivity contribution is 0.583. The molecule has 58 valence electrons. The molecule has 0 fully saturated rings. The summed E-state index contributed by atoms with van der Waals surface area (Å²) in [5.74, 6) is -1.07. The average molecular weight is 147 g/mol. The van der Waals surface area contributed by atoms with Crippen molar-refractivity contribution >= 4 is 0 Å². The van der Waals surface area contributed by atoms with Gasteiger partial charge in [0, 0.05) is 7.49 Å². The van der Waals surface area contributed by atoms with E-state index in [9.17, 15) is 8.78 Å². The summed E-state index contributed by atoms with van der Waals surface area (Å²) in [6, 6.07) is 4.55. The molecule has 1 aromatic rings. The van der Waals surface area contributed by atoms with Crippen LogP contribution in [0.15, 0.2) is 24.3 Å². The van der Waals surface area contributed by atoms with E-state index in [0.29, 0.717) is 0 Å². The maximum absolute atomic E-state index is 11.9. The van der Waals surface area contributed by atoms with E-state index >= 15 is 0 Å². The van der Waals surface area contributed by atoms with Crippen molar-refractivity contribution in [3.63, 3.8) is 0 Å². The van der Waals surface area contributed by atoms with Gasteiger partial charge in [-0.2, -0.15) is 0 Å². The van der Waals surface area contributed by atoms with Crippen molar-refractivity contribution < 1.29 is 10.2 Å². The molecule has 1 rings (SSSR count). The summed E-state index contributed by atoms with van der Waals surface area (Å²) < 4.78 is 23.9. The zero-order chi connectivity index (χ0) is 7.98. The van der Waals surface area contributed by atoms with Crippen LogP contribution in [-0.4, -0.2) is 7.05 Å². The van der Waals surface area contributed by atoms with Gasteiger partial charge in [0.05, 0.1) is 0 Å². The first-order chi connectivity index (χ1) is 4.79. The Bertz CT molecular complexity index is 176. The van der Waals surface area contributed by atoms with E-state index < -0.39 is 11.6 Å². The second-order valence-corrected chi connectivity index (χ2v) is 1.44. The van der Waals surface area contributed by atoms with Gasteiger partial charge >= 0.3 is 0 Å². The van der Waals surface area contributed by atoms with Crippen molar-refractivity contribution in [1.29, 1.82) is 0 Å². The van der Waals surface area contributed by atoms with E-state index in [1.807, 2.05) is 0 Å². The van der Waals surface area contributed by atoms with Gasteiger partial charge in [0.25, 0.3) is 0 Å². The molecule has 1 aromatic carbocycles. The van der Waals surface area contributed by atoms with Gasteiger partial charge in [-0.05, 0) is 19.2 Å². The molecule has 0 saturated carbocycles. The van der Waals surface area contributed by atoms with Gasteiger partial charge in [0.2, 0.25) is 0 Å². The van der Waals surface area contributed by atoms with Gasteiger partial charge in [-0.15, -0.1) is 0 Å². The highest BCUT2D eigenvalue weighted by Gasteiger charge is 1.88. The fraction of sp³-hybridized carbons (Fsp3) is 0.143. The monoisotopic (exact) mass is 147 g/mol. The molecule has 0 radical (unpaired) electrons. The fourth-order valence-corrected chi connectivity index (χ4v) is 0.460. The van der Waals surface area contributed by atoms with Crippen molar-refractivity contribution in [2.24, 2.45) is 5.73 Å². The predicted molar refractivity (Wildman–Crippen MR) is 38.6 cm³/mol. The SMILES string of the molecule is CN.Fc1cccc(F)c1.[HH]. The molecule has 1 nitrogen and oxygen atoms in total. The maximum Gasteiger partial charge on any atom is 0.126 e. The first-order valence-electron chi connectivity index (χ1n) is 2.78. The highest BCUT2D eigenvalue weighted by molar-refractivity contribution is 5.04. The normalized spacial score (nSPS) is 8.00. The van der Waals surface area contributed by atoms with E-state index in [-0.39, 0.29) is 1.43 Å². The predicted octanol–water partition coefficient (Wildman–Crippen LogP) is 1.79. The van der Waals surface area contributed by atoms with Crippen LogP contribution in [0, 0.1) is 11.6 Å². The molecule has 0 spiro atoms. The lowest BCUT2D eigenvalue weighted by Crippen LogP contribution is -1.73. The Morgan fingerprint density at radius 2 is 1.60 bits per heavy atom. The summed E-state index contributed by atoms with van der Waals surface area (Å²) in [4.78, 5) is 0. The topological polar surface area (TPSA) is 26.0 Å². The summed E-state index contributed by atoms with van der Waals surface area (Å²) in [6.45, 7) is 0. The van der Waals surface area contributed by atoms with Crippen LogP contribution >= 0.6 is 0 Å². The van der Waals surface area contributed by atoms with E-state index in [0.717, 1.165) is 6.07 Å². The quantitative estimate of drug-likeness (QED) is 0.594. The van der Waals surface area contributed by atoms with Gasteiger partial charge < -0.3 is 5.73 Å². The molecule has 0 unspecified atom stereocenters. The summed E-state index contributed by atoms with van der Waals surface area (Å²) in [5.41, 5.74) is 4.50. The molecule has 0 aliphatic rings. The largest absolute Gasteiger partial charge is 0.333 e. The van der Waals surface area contributed by atoms with Gasteiger partial charge in [-0.3, -0.25) is 0 Å². The molecule has 2 N–H and O–H groups in total. The van der Waals surface area contributed by atoms with Crippen LogP contribution < -0.4 is 5.73 Å². The van der Waals surface area contributed by atoms with Gasteiger partial charge in [-0.1, -0.05) is 6.07 Å². The Balaban J connectivity index is 0. The third-order valence-electron chi connectivity index (χ3n) is 0.787. The van der Waals surface area contributed by atoms with Crippen LogP contribution in [-0.2, 0) is 0 Å². The molecule has 0 aliphatic carbocycles. The van der Waals surface area contributed by atoms with Crippen LogP contribution in [0.4, 0.5) is 8.78 Å². The lowest BCUT2D eigenvalue weighted by atomic mass is 10.3. The minimum atomic E-state index is -0.537. The average Bonchev–Trinajstić information content (AvgIpc) is 1.91. The standard InChI is InChI=1S/C6H4F2.CH5N.H2/c7-5-2-1-3-6(8)4-5;1-2;/h1-4H;2H2,1H3;1H. The summed E-state index contributed by atoms with van der Waals surface area (Å²) in [6.07, 6.45) is 0. The minimum Gasteiger partial charge on any atom is -0.333 e. The van der Waals surface area contributed by atoms with Gasteiger partial charge in [0.15, 0.2) is 0 Å². The third kappa shape index (κ3) is 3.14. The molecule has 3 heteroatoms. The Morgan fingerprint density at radius 3 is 1.80 bits per heavy atom. The van der Waals surface area contributed by atoms with Crippen LogP contribution in [0.1, 0.15) is 1.43 Å². The molecule has 10 heavy (non-hydrogen) atoms. The maximum atomic E-state index is 11.9. The van der Waals surface area contributed by atoms with E-state index in [4.69, 9.17) is 0 Å². The van der Waals surface area contributed by atoms with Gasteiger partial charge in [0.1, 0.15) is 11.6 Å². The minimum absolute atomic E-state index is 0. The molecule has 0 atom stereocenters. The van der Waals surface area contributed by atoms with Crippen LogP contribution in [0.5, 0.6) is 0 Å². The fourth-order valence-electron chi connectivity index (χ4n) is 0.460. The second-order valence-electron chi connectivity index (χ2n) is 1.44. The Kier molecular flexibility index (Phi) is 4.41. The molecular weight excluding hydrogens is 136 g/mol. The number of benzene rings is 1. The smallest absolute Gasteiger partial charge is 0.126 e. The van der Waals surface area contributed by atoms with E-state index in [2.05, 4.69) is 5.73 Å². The second kappa shape index (κ2) is 4.88. The number of hydrogen-bond acceptors (Lipinski definition) is 1. The Morgan fingerprint density at radius 1 is 1.20 bits per heavy atom. The number of rotatable bonds is 0. The third-order valence-corrected chi connectivity index (χ3v) is 0.787. The van der Waals surface area contributed by atoms with Crippen molar-refractivity contribution in [2.45, 2.75) is 0 Å².